The second-order valence-electron chi connectivity index (χ2n) is 3.51. The van der Waals surface area contributed by atoms with Crippen molar-refractivity contribution >= 4 is 26.8 Å². The SMILES string of the molecule is COC(=O)c1cccc2[nH]c(S(C)(=O)=O)nc12. The average molecular weight is 254 g/mol. The van der Waals surface area contributed by atoms with E-state index < -0.39 is 15.8 Å². The van der Waals surface area contributed by atoms with Gasteiger partial charge in [-0.3, -0.25) is 0 Å². The molecule has 0 aliphatic heterocycles. The maximum Gasteiger partial charge on any atom is 0.340 e. The van der Waals surface area contributed by atoms with Crippen molar-refractivity contribution in [2.75, 3.05) is 13.4 Å². The number of aromatic nitrogens is 2. The molecular weight excluding hydrogens is 244 g/mol. The van der Waals surface area contributed by atoms with E-state index in [0.29, 0.717) is 11.0 Å². The number of hydrogen-bond donors (Lipinski definition) is 1. The average Bonchev–Trinajstić information content (AvgIpc) is 2.71. The molecule has 6 nitrogen and oxygen atoms in total. The number of benzene rings is 1. The third kappa shape index (κ3) is 2.01. The molecule has 0 fully saturated rings. The van der Waals surface area contributed by atoms with Gasteiger partial charge >= 0.3 is 5.97 Å². The van der Waals surface area contributed by atoms with E-state index in [2.05, 4.69) is 14.7 Å². The second-order valence-corrected chi connectivity index (χ2v) is 5.44. The van der Waals surface area contributed by atoms with Crippen molar-refractivity contribution in [3.05, 3.63) is 23.8 Å². The first-order valence-electron chi connectivity index (χ1n) is 4.70. The Morgan fingerprint density at radius 3 is 2.71 bits per heavy atom. The Balaban J connectivity index is 2.74. The molecule has 2 aromatic rings. The van der Waals surface area contributed by atoms with E-state index in [4.69, 9.17) is 0 Å². The topological polar surface area (TPSA) is 89.1 Å². The van der Waals surface area contributed by atoms with Gasteiger partial charge < -0.3 is 9.72 Å². The van der Waals surface area contributed by atoms with Gasteiger partial charge in [-0.2, -0.15) is 0 Å². The molecule has 0 unspecified atom stereocenters. The van der Waals surface area contributed by atoms with Gasteiger partial charge in [0.15, 0.2) is 0 Å². The fourth-order valence-electron chi connectivity index (χ4n) is 1.46. The molecule has 90 valence electrons. The lowest BCUT2D eigenvalue weighted by Crippen LogP contribution is -2.02. The van der Waals surface area contributed by atoms with Gasteiger partial charge in [0.05, 0.1) is 18.2 Å². The fourth-order valence-corrected chi connectivity index (χ4v) is 2.01. The molecule has 0 saturated carbocycles. The molecule has 1 N–H and O–H groups in total. The zero-order valence-corrected chi connectivity index (χ0v) is 10.0. The minimum Gasteiger partial charge on any atom is -0.465 e. The number of imidazole rings is 1. The largest absolute Gasteiger partial charge is 0.465 e. The van der Waals surface area contributed by atoms with Gasteiger partial charge in [0.2, 0.25) is 15.0 Å². The molecular formula is C10H10N2O4S. The van der Waals surface area contributed by atoms with Crippen molar-refractivity contribution < 1.29 is 17.9 Å². The maximum absolute atomic E-state index is 11.5. The van der Waals surface area contributed by atoms with Crippen LogP contribution < -0.4 is 0 Å². The van der Waals surface area contributed by atoms with Crippen molar-refractivity contribution in [1.29, 1.82) is 0 Å². The molecule has 1 aromatic carbocycles. The number of carbonyl (C=O) groups excluding carboxylic acids is 1. The number of sulfone groups is 1. The lowest BCUT2D eigenvalue weighted by Gasteiger charge is -1.98. The van der Waals surface area contributed by atoms with Crippen molar-refractivity contribution in [3.8, 4) is 0 Å². The molecule has 0 bridgehead atoms. The van der Waals surface area contributed by atoms with Crippen LogP contribution in [0, 0.1) is 0 Å². The number of H-pyrrole nitrogens is 1. The number of hydrogen-bond acceptors (Lipinski definition) is 5. The summed E-state index contributed by atoms with van der Waals surface area (Å²) < 4.78 is 27.3. The Morgan fingerprint density at radius 1 is 1.41 bits per heavy atom. The number of esters is 1. The highest BCUT2D eigenvalue weighted by Crippen LogP contribution is 2.19. The molecule has 7 heteroatoms. The Hall–Kier alpha value is -1.89. The van der Waals surface area contributed by atoms with Gasteiger partial charge in [-0.05, 0) is 12.1 Å². The van der Waals surface area contributed by atoms with Crippen LogP contribution in [0.3, 0.4) is 0 Å². The summed E-state index contributed by atoms with van der Waals surface area (Å²) in [5, 5.41) is -0.163. The summed E-state index contributed by atoms with van der Waals surface area (Å²) in [7, 11) is -2.18. The first-order chi connectivity index (χ1) is 7.93. The van der Waals surface area contributed by atoms with E-state index in [1.165, 1.54) is 13.2 Å². The Labute approximate surface area is 97.5 Å². The molecule has 0 amide bonds. The number of fused-ring (bicyclic) bond motifs is 1. The predicted octanol–water partition coefficient (Wildman–Crippen LogP) is 0.753. The van der Waals surface area contributed by atoms with Crippen LogP contribution in [0.1, 0.15) is 10.4 Å². The summed E-state index contributed by atoms with van der Waals surface area (Å²) in [5.41, 5.74) is 1.00. The standard InChI is InChI=1S/C10H10N2O4S/c1-16-9(13)6-4-3-5-7-8(6)12-10(11-7)17(2,14)15/h3-5H,1-2H3,(H,11,12). The van der Waals surface area contributed by atoms with Crippen LogP contribution >= 0.6 is 0 Å². The van der Waals surface area contributed by atoms with Crippen molar-refractivity contribution in [1.82, 2.24) is 9.97 Å². The van der Waals surface area contributed by atoms with E-state index >= 15 is 0 Å². The van der Waals surface area contributed by atoms with Crippen molar-refractivity contribution in [2.45, 2.75) is 5.16 Å². The molecule has 0 radical (unpaired) electrons. The van der Waals surface area contributed by atoms with E-state index in [9.17, 15) is 13.2 Å². The first-order valence-corrected chi connectivity index (χ1v) is 6.59. The Kier molecular flexibility index (Phi) is 2.62. The lowest BCUT2D eigenvalue weighted by molar-refractivity contribution is 0.0602. The van der Waals surface area contributed by atoms with E-state index in [1.54, 1.807) is 12.1 Å². The molecule has 1 aromatic heterocycles. The highest BCUT2D eigenvalue weighted by Gasteiger charge is 2.17. The molecule has 0 atom stereocenters. The molecule has 1 heterocycles. The zero-order chi connectivity index (χ0) is 12.6. The fraction of sp³-hybridized carbons (Fsp3) is 0.200. The summed E-state index contributed by atoms with van der Waals surface area (Å²) in [6.45, 7) is 0. The monoisotopic (exact) mass is 254 g/mol. The van der Waals surface area contributed by atoms with Gasteiger partial charge in [0.25, 0.3) is 0 Å². The zero-order valence-electron chi connectivity index (χ0n) is 9.22. The number of aromatic amines is 1. The van der Waals surface area contributed by atoms with Gasteiger partial charge in [-0.1, -0.05) is 6.07 Å². The number of ether oxygens (including phenoxy) is 1. The predicted molar refractivity (Wildman–Crippen MR) is 60.5 cm³/mol. The minimum atomic E-state index is -3.43. The molecule has 0 aliphatic rings. The molecule has 2 rings (SSSR count). The smallest absolute Gasteiger partial charge is 0.340 e. The third-order valence-corrected chi connectivity index (χ3v) is 3.14. The van der Waals surface area contributed by atoms with Crippen LogP contribution in [0.4, 0.5) is 0 Å². The minimum absolute atomic E-state index is 0.163. The van der Waals surface area contributed by atoms with Gasteiger partial charge in [-0.15, -0.1) is 0 Å². The van der Waals surface area contributed by atoms with Gasteiger partial charge in [-0.25, -0.2) is 18.2 Å². The third-order valence-electron chi connectivity index (χ3n) is 2.25. The summed E-state index contributed by atoms with van der Waals surface area (Å²) >= 11 is 0. The lowest BCUT2D eigenvalue weighted by atomic mass is 10.2. The molecule has 0 saturated heterocycles. The van der Waals surface area contributed by atoms with Crippen LogP contribution in [0.2, 0.25) is 0 Å². The maximum atomic E-state index is 11.5. The quantitative estimate of drug-likeness (QED) is 0.799. The number of carbonyl (C=O) groups is 1. The van der Waals surface area contributed by atoms with Gasteiger partial charge in [0, 0.05) is 6.26 Å². The van der Waals surface area contributed by atoms with Crippen molar-refractivity contribution in [3.63, 3.8) is 0 Å². The van der Waals surface area contributed by atoms with Crippen molar-refractivity contribution in [2.24, 2.45) is 0 Å². The van der Waals surface area contributed by atoms with E-state index in [-0.39, 0.29) is 10.7 Å². The Bertz CT molecular complexity index is 687. The van der Waals surface area contributed by atoms with Crippen LogP contribution in [0.5, 0.6) is 0 Å². The number of methoxy groups -OCH3 is 1. The number of rotatable bonds is 2. The van der Waals surface area contributed by atoms with E-state index in [0.717, 1.165) is 6.26 Å². The highest BCUT2D eigenvalue weighted by atomic mass is 32.2. The Morgan fingerprint density at radius 2 is 2.12 bits per heavy atom. The van der Waals surface area contributed by atoms with Crippen LogP contribution in [0.25, 0.3) is 11.0 Å². The second kappa shape index (κ2) is 3.85. The van der Waals surface area contributed by atoms with Crippen LogP contribution in [-0.4, -0.2) is 37.7 Å². The number of nitrogens with zero attached hydrogens (tertiary/aromatic N) is 1. The molecule has 0 aliphatic carbocycles. The van der Waals surface area contributed by atoms with Crippen LogP contribution in [0.15, 0.2) is 23.4 Å². The summed E-state index contributed by atoms with van der Waals surface area (Å²) in [6.07, 6.45) is 1.04. The molecule has 17 heavy (non-hydrogen) atoms. The van der Waals surface area contributed by atoms with Crippen LogP contribution in [-0.2, 0) is 14.6 Å². The number of para-hydroxylation sites is 1. The number of nitrogens with one attached hydrogen (secondary N) is 1. The highest BCUT2D eigenvalue weighted by molar-refractivity contribution is 7.90. The molecule has 0 spiro atoms. The normalized spacial score (nSPS) is 11.6. The summed E-state index contributed by atoms with van der Waals surface area (Å²) in [4.78, 5) is 18.0. The summed E-state index contributed by atoms with van der Waals surface area (Å²) in [6, 6.07) is 4.79. The van der Waals surface area contributed by atoms with E-state index in [1.807, 2.05) is 0 Å². The summed E-state index contributed by atoms with van der Waals surface area (Å²) in [5.74, 6) is -0.554. The first kappa shape index (κ1) is 11.6. The van der Waals surface area contributed by atoms with Gasteiger partial charge in [0.1, 0.15) is 5.52 Å².